The van der Waals surface area contributed by atoms with Crippen molar-refractivity contribution >= 4 is 33.9 Å². The van der Waals surface area contributed by atoms with Gasteiger partial charge in [-0.15, -0.1) is 11.3 Å². The molecule has 0 aliphatic rings. The van der Waals surface area contributed by atoms with E-state index in [0.717, 1.165) is 5.01 Å². The van der Waals surface area contributed by atoms with Crippen LogP contribution in [0.5, 0.6) is 0 Å². The Hall–Kier alpha value is -0.420. The van der Waals surface area contributed by atoms with Crippen LogP contribution in [-0.4, -0.2) is 4.98 Å². The largest absolute Gasteiger partial charge is 0.245 e. The molecular formula is C9H6INS. The van der Waals surface area contributed by atoms with Gasteiger partial charge in [-0.25, -0.2) is 4.98 Å². The van der Waals surface area contributed by atoms with Gasteiger partial charge in [-0.3, -0.25) is 0 Å². The Balaban J connectivity index is 2.48. The van der Waals surface area contributed by atoms with Crippen molar-refractivity contribution in [3.8, 4) is 10.6 Å². The number of rotatable bonds is 1. The molecular weight excluding hydrogens is 281 g/mol. The molecule has 1 aromatic heterocycles. The second-order valence-electron chi connectivity index (χ2n) is 2.35. The number of halogens is 1. The fraction of sp³-hybridized carbons (Fsp3) is 0. The molecule has 0 spiro atoms. The third-order valence-electron chi connectivity index (χ3n) is 1.50. The third-order valence-corrected chi connectivity index (χ3v) is 3.00. The van der Waals surface area contributed by atoms with E-state index in [1.165, 1.54) is 9.13 Å². The van der Waals surface area contributed by atoms with Gasteiger partial charge in [0.25, 0.3) is 0 Å². The summed E-state index contributed by atoms with van der Waals surface area (Å²) in [5, 5.41) is 3.09. The third kappa shape index (κ3) is 1.67. The predicted molar refractivity (Wildman–Crippen MR) is 60.3 cm³/mol. The van der Waals surface area contributed by atoms with Crippen LogP contribution in [0, 0.1) is 3.57 Å². The van der Waals surface area contributed by atoms with E-state index in [1.54, 1.807) is 11.3 Å². The lowest BCUT2D eigenvalue weighted by Crippen LogP contribution is -1.75. The highest BCUT2D eigenvalue weighted by Gasteiger charge is 1.98. The van der Waals surface area contributed by atoms with E-state index in [-0.39, 0.29) is 0 Å². The van der Waals surface area contributed by atoms with Gasteiger partial charge in [-0.1, -0.05) is 12.1 Å². The van der Waals surface area contributed by atoms with Crippen molar-refractivity contribution in [3.63, 3.8) is 0 Å². The molecule has 12 heavy (non-hydrogen) atoms. The molecule has 0 radical (unpaired) electrons. The van der Waals surface area contributed by atoms with Crippen LogP contribution >= 0.6 is 33.9 Å². The van der Waals surface area contributed by atoms with Gasteiger partial charge in [0, 0.05) is 20.7 Å². The van der Waals surface area contributed by atoms with Crippen molar-refractivity contribution in [2.75, 3.05) is 0 Å². The Labute approximate surface area is 88.6 Å². The first-order chi connectivity index (χ1) is 5.86. The molecule has 3 heteroatoms. The Morgan fingerprint density at radius 1 is 1.33 bits per heavy atom. The van der Waals surface area contributed by atoms with Crippen LogP contribution in [0.25, 0.3) is 10.6 Å². The molecule has 2 aromatic rings. The zero-order valence-electron chi connectivity index (χ0n) is 6.20. The van der Waals surface area contributed by atoms with Crippen LogP contribution in [0.15, 0.2) is 35.8 Å². The zero-order chi connectivity index (χ0) is 8.39. The van der Waals surface area contributed by atoms with E-state index in [2.05, 4.69) is 51.8 Å². The van der Waals surface area contributed by atoms with Crippen LogP contribution in [0.4, 0.5) is 0 Å². The van der Waals surface area contributed by atoms with Gasteiger partial charge in [0.2, 0.25) is 0 Å². The van der Waals surface area contributed by atoms with Gasteiger partial charge in [0.15, 0.2) is 0 Å². The first-order valence-electron chi connectivity index (χ1n) is 3.52. The minimum absolute atomic E-state index is 1.09. The average molecular weight is 287 g/mol. The maximum Gasteiger partial charge on any atom is 0.123 e. The highest BCUT2D eigenvalue weighted by molar-refractivity contribution is 14.1. The fourth-order valence-corrected chi connectivity index (χ4v) is 2.17. The van der Waals surface area contributed by atoms with E-state index in [4.69, 9.17) is 0 Å². The molecule has 1 nitrogen and oxygen atoms in total. The number of hydrogen-bond acceptors (Lipinski definition) is 2. The molecule has 0 aliphatic carbocycles. The molecule has 0 saturated heterocycles. The quantitative estimate of drug-likeness (QED) is 0.732. The normalized spacial score (nSPS) is 10.1. The maximum absolute atomic E-state index is 4.24. The zero-order valence-corrected chi connectivity index (χ0v) is 9.17. The Bertz CT molecular complexity index is 370. The molecule has 1 aromatic carbocycles. The summed E-state index contributed by atoms with van der Waals surface area (Å²) in [6, 6.07) is 8.36. The van der Waals surface area contributed by atoms with Crippen LogP contribution in [0.3, 0.4) is 0 Å². The fourth-order valence-electron chi connectivity index (χ4n) is 0.988. The van der Waals surface area contributed by atoms with Gasteiger partial charge >= 0.3 is 0 Å². The lowest BCUT2D eigenvalue weighted by Gasteiger charge is -1.95. The van der Waals surface area contributed by atoms with E-state index < -0.39 is 0 Å². The number of nitrogens with zero attached hydrogens (tertiary/aromatic N) is 1. The first kappa shape index (κ1) is 8.19. The number of benzene rings is 1. The molecule has 60 valence electrons. The minimum atomic E-state index is 1.09. The predicted octanol–water partition coefficient (Wildman–Crippen LogP) is 3.41. The van der Waals surface area contributed by atoms with Crippen LogP contribution < -0.4 is 0 Å². The summed E-state index contributed by atoms with van der Waals surface area (Å²) in [5.41, 5.74) is 1.21. The lowest BCUT2D eigenvalue weighted by molar-refractivity contribution is 1.41. The van der Waals surface area contributed by atoms with Gasteiger partial charge < -0.3 is 0 Å². The molecule has 0 saturated carbocycles. The lowest BCUT2D eigenvalue weighted by atomic mass is 10.2. The highest BCUT2D eigenvalue weighted by atomic mass is 127. The number of hydrogen-bond donors (Lipinski definition) is 0. The molecule has 0 fully saturated rings. The van der Waals surface area contributed by atoms with Crippen LogP contribution in [0.2, 0.25) is 0 Å². The summed E-state index contributed by atoms with van der Waals surface area (Å²) in [6.07, 6.45) is 1.83. The van der Waals surface area contributed by atoms with Gasteiger partial charge in [0.1, 0.15) is 5.01 Å². The molecule has 0 atom stereocenters. The molecule has 0 N–H and O–H groups in total. The summed E-state index contributed by atoms with van der Waals surface area (Å²) < 4.78 is 1.25. The molecule has 0 bridgehead atoms. The van der Waals surface area contributed by atoms with E-state index in [0.29, 0.717) is 0 Å². The molecule has 0 amide bonds. The minimum Gasteiger partial charge on any atom is -0.245 e. The van der Waals surface area contributed by atoms with Crippen molar-refractivity contribution in [2.45, 2.75) is 0 Å². The summed E-state index contributed by atoms with van der Waals surface area (Å²) in [5.74, 6) is 0. The van der Waals surface area contributed by atoms with Crippen molar-refractivity contribution in [2.24, 2.45) is 0 Å². The van der Waals surface area contributed by atoms with E-state index in [1.807, 2.05) is 11.6 Å². The van der Waals surface area contributed by atoms with E-state index in [9.17, 15) is 0 Å². The summed E-state index contributed by atoms with van der Waals surface area (Å²) in [6.45, 7) is 0. The first-order valence-corrected chi connectivity index (χ1v) is 5.47. The standard InChI is InChI=1S/C9H6INS/c10-8-3-1-2-7(6-8)9-11-4-5-12-9/h1-6H. The van der Waals surface area contributed by atoms with Crippen molar-refractivity contribution in [1.29, 1.82) is 0 Å². The molecule has 0 aliphatic heterocycles. The van der Waals surface area contributed by atoms with Crippen molar-refractivity contribution in [1.82, 2.24) is 4.98 Å². The van der Waals surface area contributed by atoms with Gasteiger partial charge in [0.05, 0.1) is 0 Å². The SMILES string of the molecule is Ic1cccc(-c2nccs2)c1. The van der Waals surface area contributed by atoms with E-state index >= 15 is 0 Å². The second-order valence-corrected chi connectivity index (χ2v) is 4.49. The Morgan fingerprint density at radius 3 is 2.92 bits per heavy atom. The average Bonchev–Trinajstić information content (AvgIpc) is 2.56. The smallest absolute Gasteiger partial charge is 0.123 e. The number of thiazole rings is 1. The topological polar surface area (TPSA) is 12.9 Å². The molecule has 0 unspecified atom stereocenters. The summed E-state index contributed by atoms with van der Waals surface area (Å²) >= 11 is 3.98. The summed E-state index contributed by atoms with van der Waals surface area (Å²) in [7, 11) is 0. The monoisotopic (exact) mass is 287 g/mol. The maximum atomic E-state index is 4.24. The van der Waals surface area contributed by atoms with Gasteiger partial charge in [-0.2, -0.15) is 0 Å². The summed E-state index contributed by atoms with van der Waals surface area (Å²) in [4.78, 5) is 4.24. The van der Waals surface area contributed by atoms with Crippen LogP contribution in [-0.2, 0) is 0 Å². The Kier molecular flexibility index (Phi) is 2.41. The van der Waals surface area contributed by atoms with Crippen molar-refractivity contribution < 1.29 is 0 Å². The highest BCUT2D eigenvalue weighted by Crippen LogP contribution is 2.22. The van der Waals surface area contributed by atoms with Gasteiger partial charge in [-0.05, 0) is 34.7 Å². The Morgan fingerprint density at radius 2 is 2.25 bits per heavy atom. The van der Waals surface area contributed by atoms with Crippen LogP contribution in [0.1, 0.15) is 0 Å². The second kappa shape index (κ2) is 3.53. The number of aromatic nitrogens is 1. The molecule has 2 rings (SSSR count). The van der Waals surface area contributed by atoms with Crippen molar-refractivity contribution in [3.05, 3.63) is 39.4 Å². The molecule has 1 heterocycles.